The summed E-state index contributed by atoms with van der Waals surface area (Å²) in [7, 11) is 0. The van der Waals surface area contributed by atoms with E-state index in [0.29, 0.717) is 0 Å². The van der Waals surface area contributed by atoms with Crippen molar-refractivity contribution >= 4 is 22.6 Å². The number of ether oxygens (including phenoxy) is 1. The summed E-state index contributed by atoms with van der Waals surface area (Å²) in [5, 5.41) is 0. The molecule has 0 aliphatic carbocycles. The predicted molar refractivity (Wildman–Crippen MR) is 118 cm³/mol. The molecule has 0 saturated heterocycles. The van der Waals surface area contributed by atoms with Crippen molar-refractivity contribution in [2.24, 2.45) is 0 Å². The van der Waals surface area contributed by atoms with Crippen molar-refractivity contribution in [3.05, 3.63) is 27.3 Å². The molecule has 0 radical (unpaired) electrons. The molecule has 1 aromatic carbocycles. The van der Waals surface area contributed by atoms with Gasteiger partial charge in [0, 0.05) is 3.57 Å². The smallest absolute Gasteiger partial charge is 0.123 e. The summed E-state index contributed by atoms with van der Waals surface area (Å²) < 4.78 is 7.68. The lowest BCUT2D eigenvalue weighted by atomic mass is 9.88. The van der Waals surface area contributed by atoms with Gasteiger partial charge in [0.05, 0.1) is 0 Å². The quantitative estimate of drug-likeness (QED) is 0.228. The Morgan fingerprint density at radius 2 is 1.52 bits per heavy atom. The second kappa shape index (κ2) is 11.5. The Labute approximate surface area is 169 Å². The van der Waals surface area contributed by atoms with Gasteiger partial charge in [0.1, 0.15) is 11.4 Å². The predicted octanol–water partition coefficient (Wildman–Crippen LogP) is 8.08. The molecule has 1 nitrogen and oxygen atoms in total. The second-order valence-electron chi connectivity index (χ2n) is 8.09. The second-order valence-corrected chi connectivity index (χ2v) is 9.34. The summed E-state index contributed by atoms with van der Waals surface area (Å²) in [6.45, 7) is 4.60. The normalized spacial score (nSPS) is 19.5. The van der Waals surface area contributed by atoms with Crippen molar-refractivity contribution in [2.45, 2.75) is 109 Å². The molecule has 0 aromatic heterocycles. The van der Waals surface area contributed by atoms with E-state index in [1.165, 1.54) is 92.6 Å². The molecule has 1 atom stereocenters. The molecule has 0 saturated carbocycles. The molecule has 1 aliphatic rings. The van der Waals surface area contributed by atoms with Crippen LogP contribution in [0.4, 0.5) is 0 Å². The number of aryl methyl sites for hydroxylation is 1. The molecule has 1 heterocycles. The summed E-state index contributed by atoms with van der Waals surface area (Å²) in [6.07, 6.45) is 19.0. The minimum absolute atomic E-state index is 0.0546. The van der Waals surface area contributed by atoms with E-state index in [4.69, 9.17) is 4.74 Å². The van der Waals surface area contributed by atoms with Gasteiger partial charge in [-0.25, -0.2) is 0 Å². The number of fused-ring (bicyclic) bond motifs is 1. The van der Waals surface area contributed by atoms with Gasteiger partial charge in [-0.1, -0.05) is 71.1 Å². The Bertz CT molecular complexity index is 499. The molecular formula is C23H37IO. The number of benzene rings is 1. The summed E-state index contributed by atoms with van der Waals surface area (Å²) in [5.41, 5.74) is 1.45. The molecule has 0 amide bonds. The van der Waals surface area contributed by atoms with Gasteiger partial charge in [0.25, 0.3) is 0 Å². The van der Waals surface area contributed by atoms with Crippen LogP contribution in [0.15, 0.2) is 18.2 Å². The minimum Gasteiger partial charge on any atom is -0.487 e. The lowest BCUT2D eigenvalue weighted by molar-refractivity contribution is 0.0534. The van der Waals surface area contributed by atoms with Crippen molar-refractivity contribution < 1.29 is 4.74 Å². The number of unbranched alkanes of at least 4 members (excludes halogenated alkanes) is 10. The van der Waals surface area contributed by atoms with E-state index in [2.05, 4.69) is 54.6 Å². The first-order valence-electron chi connectivity index (χ1n) is 10.6. The summed E-state index contributed by atoms with van der Waals surface area (Å²) in [6, 6.07) is 6.60. The van der Waals surface area contributed by atoms with E-state index in [1.54, 1.807) is 0 Å². The minimum atomic E-state index is 0.0546. The van der Waals surface area contributed by atoms with Crippen LogP contribution in [0.2, 0.25) is 0 Å². The van der Waals surface area contributed by atoms with Crippen LogP contribution in [-0.4, -0.2) is 5.60 Å². The summed E-state index contributed by atoms with van der Waals surface area (Å²) >= 11 is 2.39. The number of halogens is 1. The highest BCUT2D eigenvalue weighted by atomic mass is 127. The highest BCUT2D eigenvalue weighted by Gasteiger charge is 2.30. The monoisotopic (exact) mass is 456 g/mol. The van der Waals surface area contributed by atoms with Gasteiger partial charge in [-0.3, -0.25) is 0 Å². The van der Waals surface area contributed by atoms with Crippen LogP contribution in [0.25, 0.3) is 0 Å². The average molecular weight is 456 g/mol. The molecule has 1 unspecified atom stereocenters. The van der Waals surface area contributed by atoms with Gasteiger partial charge in [-0.2, -0.15) is 0 Å². The van der Waals surface area contributed by atoms with Crippen LogP contribution in [0.1, 0.15) is 103 Å². The van der Waals surface area contributed by atoms with E-state index in [9.17, 15) is 0 Å². The first kappa shape index (κ1) is 21.1. The third-order valence-corrected chi connectivity index (χ3v) is 6.28. The Kier molecular flexibility index (Phi) is 9.65. The number of hydrogen-bond acceptors (Lipinski definition) is 1. The molecule has 2 heteroatoms. The zero-order valence-electron chi connectivity index (χ0n) is 16.4. The fourth-order valence-electron chi connectivity index (χ4n) is 3.90. The molecule has 2 rings (SSSR count). The molecule has 0 bridgehead atoms. The highest BCUT2D eigenvalue weighted by Crippen LogP contribution is 2.36. The molecular weight excluding hydrogens is 419 g/mol. The lowest BCUT2D eigenvalue weighted by Gasteiger charge is -2.36. The van der Waals surface area contributed by atoms with E-state index in [-0.39, 0.29) is 5.60 Å². The van der Waals surface area contributed by atoms with Gasteiger partial charge < -0.3 is 4.74 Å². The maximum absolute atomic E-state index is 6.36. The van der Waals surface area contributed by atoms with Gasteiger partial charge in [-0.15, -0.1) is 0 Å². The lowest BCUT2D eigenvalue weighted by Crippen LogP contribution is -2.36. The van der Waals surface area contributed by atoms with Gasteiger partial charge in [0.2, 0.25) is 0 Å². The first-order valence-corrected chi connectivity index (χ1v) is 11.7. The molecule has 0 spiro atoms. The van der Waals surface area contributed by atoms with E-state index in [0.717, 1.165) is 12.2 Å². The topological polar surface area (TPSA) is 9.23 Å². The maximum Gasteiger partial charge on any atom is 0.123 e. The fourth-order valence-corrected chi connectivity index (χ4v) is 4.45. The third kappa shape index (κ3) is 7.88. The molecule has 0 fully saturated rings. The zero-order chi connectivity index (χ0) is 18.0. The van der Waals surface area contributed by atoms with E-state index < -0.39 is 0 Å². The van der Waals surface area contributed by atoms with Crippen LogP contribution in [-0.2, 0) is 6.42 Å². The Balaban J connectivity index is 1.53. The molecule has 25 heavy (non-hydrogen) atoms. The van der Waals surface area contributed by atoms with Crippen LogP contribution >= 0.6 is 22.6 Å². The van der Waals surface area contributed by atoms with Crippen molar-refractivity contribution in [3.8, 4) is 5.75 Å². The van der Waals surface area contributed by atoms with Crippen molar-refractivity contribution in [1.82, 2.24) is 0 Å². The Morgan fingerprint density at radius 3 is 2.16 bits per heavy atom. The largest absolute Gasteiger partial charge is 0.487 e. The van der Waals surface area contributed by atoms with Crippen LogP contribution in [0.3, 0.4) is 0 Å². The number of hydrogen-bond donors (Lipinski definition) is 0. The average Bonchev–Trinajstić information content (AvgIpc) is 2.60. The van der Waals surface area contributed by atoms with Crippen molar-refractivity contribution in [1.29, 1.82) is 0 Å². The van der Waals surface area contributed by atoms with E-state index >= 15 is 0 Å². The zero-order valence-corrected chi connectivity index (χ0v) is 18.6. The molecule has 0 N–H and O–H groups in total. The van der Waals surface area contributed by atoms with Crippen molar-refractivity contribution in [2.75, 3.05) is 0 Å². The maximum atomic E-state index is 6.36. The van der Waals surface area contributed by atoms with Crippen LogP contribution < -0.4 is 4.74 Å². The Morgan fingerprint density at radius 1 is 0.920 bits per heavy atom. The van der Waals surface area contributed by atoms with Gasteiger partial charge >= 0.3 is 0 Å². The first-order chi connectivity index (χ1) is 12.1. The Hall–Kier alpha value is -0.250. The van der Waals surface area contributed by atoms with E-state index in [1.807, 2.05) is 0 Å². The molecule has 142 valence electrons. The standard InChI is InChI=1S/C23H37IO/c1-3-4-5-6-7-8-9-10-11-12-13-17-23(2)18-16-20-19-21(24)14-15-22(20)25-23/h14-15,19H,3-13,16-18H2,1-2H3. The van der Waals surface area contributed by atoms with Gasteiger partial charge in [-0.05, 0) is 79.0 Å². The number of rotatable bonds is 12. The van der Waals surface area contributed by atoms with Crippen LogP contribution in [0, 0.1) is 3.57 Å². The SMILES string of the molecule is CCCCCCCCCCCCCC1(C)CCc2cc(I)ccc2O1. The summed E-state index contributed by atoms with van der Waals surface area (Å²) in [4.78, 5) is 0. The molecule has 1 aromatic rings. The van der Waals surface area contributed by atoms with Gasteiger partial charge in [0.15, 0.2) is 0 Å². The van der Waals surface area contributed by atoms with Crippen LogP contribution in [0.5, 0.6) is 5.75 Å². The third-order valence-electron chi connectivity index (χ3n) is 5.61. The fraction of sp³-hybridized carbons (Fsp3) is 0.739. The highest BCUT2D eigenvalue weighted by molar-refractivity contribution is 14.1. The van der Waals surface area contributed by atoms with Crippen molar-refractivity contribution in [3.63, 3.8) is 0 Å². The summed E-state index contributed by atoms with van der Waals surface area (Å²) in [5.74, 6) is 1.12. The molecule has 1 aliphatic heterocycles.